The van der Waals surface area contributed by atoms with Crippen molar-refractivity contribution in [3.8, 4) is 6.07 Å². The molecule has 2 aromatic carbocycles. The second kappa shape index (κ2) is 8.44. The van der Waals surface area contributed by atoms with Crippen LogP contribution >= 0.6 is 23.2 Å². The van der Waals surface area contributed by atoms with Crippen LogP contribution < -0.4 is 0 Å². The molecule has 3 rings (SSSR count). The van der Waals surface area contributed by atoms with Gasteiger partial charge in [-0.2, -0.15) is 5.26 Å². The lowest BCUT2D eigenvalue weighted by Gasteiger charge is -2.34. The molecule has 1 aliphatic rings. The summed E-state index contributed by atoms with van der Waals surface area (Å²) in [6, 6.07) is 16.1. The second-order valence-corrected chi connectivity index (χ2v) is 7.97. The Morgan fingerprint density at radius 1 is 1.28 bits per heavy atom. The van der Waals surface area contributed by atoms with E-state index in [1.54, 1.807) is 30.0 Å². The zero-order valence-electron chi connectivity index (χ0n) is 16.2. The normalized spacial score (nSPS) is 23.5. The van der Waals surface area contributed by atoms with Gasteiger partial charge in [-0.3, -0.25) is 9.69 Å². The first kappa shape index (κ1) is 21.2. The number of urea groups is 1. The zero-order valence-corrected chi connectivity index (χ0v) is 17.7. The summed E-state index contributed by atoms with van der Waals surface area (Å²) in [4.78, 5) is 27.1. The molecule has 0 saturated carbocycles. The molecule has 2 aromatic rings. The zero-order chi connectivity index (χ0) is 21.2. The van der Waals surface area contributed by atoms with Crippen LogP contribution in [0, 0.1) is 11.3 Å². The molecule has 7 heteroatoms. The number of benzene rings is 2. The van der Waals surface area contributed by atoms with Crippen LogP contribution in [0.15, 0.2) is 48.5 Å². The van der Waals surface area contributed by atoms with Gasteiger partial charge < -0.3 is 4.90 Å². The fourth-order valence-corrected chi connectivity index (χ4v) is 4.52. The molecule has 0 aliphatic carbocycles. The number of hydrogen-bond donors (Lipinski definition) is 0. The highest BCUT2D eigenvalue weighted by Crippen LogP contribution is 2.49. The van der Waals surface area contributed by atoms with Crippen molar-refractivity contribution in [2.24, 2.45) is 0 Å². The van der Waals surface area contributed by atoms with E-state index in [0.717, 1.165) is 16.0 Å². The number of amides is 3. The minimum atomic E-state index is -1.02. The van der Waals surface area contributed by atoms with Gasteiger partial charge in [-0.1, -0.05) is 47.5 Å². The lowest BCUT2D eigenvalue weighted by molar-refractivity contribution is -0.116. The van der Waals surface area contributed by atoms with Crippen LogP contribution in [0.3, 0.4) is 0 Å². The third-order valence-electron chi connectivity index (χ3n) is 5.77. The van der Waals surface area contributed by atoms with E-state index in [0.29, 0.717) is 23.0 Å². The molecular weight excluding hydrogens is 409 g/mol. The maximum absolute atomic E-state index is 13.0. The highest BCUT2D eigenvalue weighted by atomic mass is 35.5. The maximum atomic E-state index is 13.0. The lowest BCUT2D eigenvalue weighted by atomic mass is 9.67. The van der Waals surface area contributed by atoms with Gasteiger partial charge in [0.25, 0.3) is 0 Å². The Labute approximate surface area is 180 Å². The van der Waals surface area contributed by atoms with Crippen LogP contribution in [0.2, 0.25) is 10.0 Å². The monoisotopic (exact) mass is 429 g/mol. The molecule has 29 heavy (non-hydrogen) atoms. The predicted molar refractivity (Wildman–Crippen MR) is 113 cm³/mol. The number of nitrogens with zero attached hydrogens (tertiary/aromatic N) is 3. The van der Waals surface area contributed by atoms with Gasteiger partial charge in [-0.15, -0.1) is 0 Å². The number of halogens is 2. The fraction of sp³-hybridized carbons (Fsp3) is 0.318. The minimum absolute atomic E-state index is 0.258. The molecule has 1 fully saturated rings. The molecule has 1 saturated heterocycles. The van der Waals surface area contributed by atoms with Crippen LogP contribution in [0.4, 0.5) is 4.79 Å². The highest BCUT2D eigenvalue weighted by molar-refractivity contribution is 6.30. The predicted octanol–water partition coefficient (Wildman–Crippen LogP) is 4.84. The van der Waals surface area contributed by atoms with Gasteiger partial charge in [0, 0.05) is 29.1 Å². The van der Waals surface area contributed by atoms with Crippen LogP contribution in [-0.4, -0.2) is 41.4 Å². The first-order chi connectivity index (χ1) is 13.9. The average Bonchev–Trinajstić information content (AvgIpc) is 3.02. The maximum Gasteiger partial charge on any atom is 0.326 e. The van der Waals surface area contributed by atoms with Gasteiger partial charge in [0.1, 0.15) is 5.41 Å². The van der Waals surface area contributed by atoms with E-state index < -0.39 is 17.5 Å². The van der Waals surface area contributed by atoms with E-state index in [4.69, 9.17) is 23.2 Å². The number of hydrogen-bond acceptors (Lipinski definition) is 3. The van der Waals surface area contributed by atoms with Crippen LogP contribution in [0.25, 0.3) is 0 Å². The van der Waals surface area contributed by atoms with E-state index >= 15 is 0 Å². The van der Waals surface area contributed by atoms with Crippen LogP contribution in [-0.2, 0) is 10.2 Å². The molecule has 5 nitrogen and oxygen atoms in total. The third-order valence-corrected chi connectivity index (χ3v) is 6.26. The summed E-state index contributed by atoms with van der Waals surface area (Å²) >= 11 is 12.3. The Balaban J connectivity index is 2.17. The quantitative estimate of drug-likeness (QED) is 0.652. The molecule has 1 aliphatic heterocycles. The molecule has 0 bridgehead atoms. The fourth-order valence-electron chi connectivity index (χ4n) is 4.19. The van der Waals surface area contributed by atoms with Gasteiger partial charge in [0.2, 0.25) is 6.41 Å². The molecule has 1 heterocycles. The highest BCUT2D eigenvalue weighted by Gasteiger charge is 2.56. The summed E-state index contributed by atoms with van der Waals surface area (Å²) in [5, 5.41) is 11.6. The van der Waals surface area contributed by atoms with E-state index in [2.05, 4.69) is 6.07 Å². The molecule has 3 atom stereocenters. The molecule has 0 N–H and O–H groups in total. The van der Waals surface area contributed by atoms with E-state index in [9.17, 15) is 14.9 Å². The van der Waals surface area contributed by atoms with Gasteiger partial charge in [0.05, 0.1) is 12.1 Å². The van der Waals surface area contributed by atoms with Crippen molar-refractivity contribution in [1.82, 2.24) is 9.80 Å². The van der Waals surface area contributed by atoms with Crippen LogP contribution in [0.1, 0.15) is 30.9 Å². The first-order valence-corrected chi connectivity index (χ1v) is 10.1. The Hall–Kier alpha value is -2.55. The molecule has 2 unspecified atom stereocenters. The van der Waals surface area contributed by atoms with Gasteiger partial charge in [-0.05, 0) is 49.2 Å². The van der Waals surface area contributed by atoms with Crippen molar-refractivity contribution in [2.45, 2.75) is 31.2 Å². The molecular formula is C22H21Cl2N3O2. The summed E-state index contributed by atoms with van der Waals surface area (Å²) in [5.74, 6) is -0.323. The Bertz CT molecular complexity index is 957. The standard InChI is InChI=1S/C22H21Cl2N3O2/c1-3-26(14-28)21(29)27-12-20(16-5-4-6-19(24)11-16)22(13-25,15(27)2)17-7-9-18(23)10-8-17/h4-11,14-15,20H,3,12H2,1-2H3/t15?,20?,22-/m1/s1. The van der Waals surface area contributed by atoms with Crippen molar-refractivity contribution >= 4 is 35.6 Å². The van der Waals surface area contributed by atoms with E-state index in [1.165, 1.54) is 0 Å². The van der Waals surface area contributed by atoms with Crippen molar-refractivity contribution in [1.29, 1.82) is 5.26 Å². The minimum Gasteiger partial charge on any atom is -0.319 e. The smallest absolute Gasteiger partial charge is 0.319 e. The van der Waals surface area contributed by atoms with Crippen molar-refractivity contribution < 1.29 is 9.59 Å². The largest absolute Gasteiger partial charge is 0.326 e. The van der Waals surface area contributed by atoms with Gasteiger partial charge in [0.15, 0.2) is 0 Å². The number of rotatable bonds is 4. The Morgan fingerprint density at radius 2 is 1.97 bits per heavy atom. The summed E-state index contributed by atoms with van der Waals surface area (Å²) in [7, 11) is 0. The summed E-state index contributed by atoms with van der Waals surface area (Å²) < 4.78 is 0. The number of likely N-dealkylation sites (tertiary alicyclic amines) is 1. The van der Waals surface area contributed by atoms with Crippen molar-refractivity contribution in [3.05, 3.63) is 69.7 Å². The number of nitriles is 1. The van der Waals surface area contributed by atoms with E-state index in [1.807, 2.05) is 37.3 Å². The molecule has 0 spiro atoms. The summed E-state index contributed by atoms with van der Waals surface area (Å²) in [5.41, 5.74) is 0.615. The third kappa shape index (κ3) is 3.59. The molecule has 0 aromatic heterocycles. The van der Waals surface area contributed by atoms with Crippen molar-refractivity contribution in [2.75, 3.05) is 13.1 Å². The van der Waals surface area contributed by atoms with Gasteiger partial charge >= 0.3 is 6.03 Å². The number of carbonyl (C=O) groups excluding carboxylic acids is 2. The summed E-state index contributed by atoms with van der Waals surface area (Å²) in [6.45, 7) is 4.13. The average molecular weight is 430 g/mol. The van der Waals surface area contributed by atoms with Crippen LogP contribution in [0.5, 0.6) is 0 Å². The number of imide groups is 1. The first-order valence-electron chi connectivity index (χ1n) is 9.34. The van der Waals surface area contributed by atoms with Crippen molar-refractivity contribution in [3.63, 3.8) is 0 Å². The van der Waals surface area contributed by atoms with Gasteiger partial charge in [-0.25, -0.2) is 4.79 Å². The Kier molecular flexibility index (Phi) is 6.16. The van der Waals surface area contributed by atoms with E-state index in [-0.39, 0.29) is 12.5 Å². The molecule has 3 amide bonds. The summed E-state index contributed by atoms with van der Waals surface area (Å²) in [6.07, 6.45) is 0.526. The second-order valence-electron chi connectivity index (χ2n) is 7.10. The Morgan fingerprint density at radius 3 is 2.52 bits per heavy atom. The molecule has 0 radical (unpaired) electrons. The lowest BCUT2D eigenvalue weighted by Crippen LogP contribution is -2.48. The topological polar surface area (TPSA) is 64.4 Å². The molecule has 150 valence electrons. The number of carbonyl (C=O) groups is 2. The SMILES string of the molecule is CCN(C=O)C(=O)N1CC(c2cccc(Cl)c2)[C@@](C#N)(c2ccc(Cl)cc2)C1C.